The zero-order chi connectivity index (χ0) is 13.8. The minimum atomic E-state index is -1.01. The van der Waals surface area contributed by atoms with E-state index >= 15 is 0 Å². The van der Waals surface area contributed by atoms with E-state index in [1.54, 1.807) is 12.3 Å². The highest BCUT2D eigenvalue weighted by molar-refractivity contribution is 9.10. The van der Waals surface area contributed by atoms with E-state index in [0.717, 1.165) is 16.7 Å². The number of nitrogens with zero attached hydrogens (tertiary/aromatic N) is 2. The van der Waals surface area contributed by atoms with Crippen molar-refractivity contribution in [1.29, 1.82) is 0 Å². The van der Waals surface area contributed by atoms with Crippen LogP contribution in [0.3, 0.4) is 0 Å². The number of hydrogen-bond acceptors (Lipinski definition) is 3. The number of aromatic nitrogens is 1. The predicted molar refractivity (Wildman–Crippen MR) is 77.4 cm³/mol. The molecule has 1 heterocycles. The SMILES string of the molecule is CN(Cc1ccc(Br)cc1)c1ccc(C(=O)O)nc1. The summed E-state index contributed by atoms with van der Waals surface area (Å²) in [6.45, 7) is 0.737. The third kappa shape index (κ3) is 3.54. The van der Waals surface area contributed by atoms with Crippen molar-refractivity contribution < 1.29 is 9.90 Å². The molecule has 0 aliphatic rings. The van der Waals surface area contributed by atoms with Crippen LogP contribution in [0.4, 0.5) is 5.69 Å². The van der Waals surface area contributed by atoms with Crippen molar-refractivity contribution in [2.24, 2.45) is 0 Å². The molecule has 2 aromatic rings. The third-order valence-corrected chi connectivity index (χ3v) is 3.27. The molecule has 1 aromatic heterocycles. The minimum Gasteiger partial charge on any atom is -0.477 e. The second-order valence-electron chi connectivity index (χ2n) is 4.19. The summed E-state index contributed by atoms with van der Waals surface area (Å²) in [5.74, 6) is -1.01. The van der Waals surface area contributed by atoms with Crippen LogP contribution in [-0.4, -0.2) is 23.1 Å². The van der Waals surface area contributed by atoms with Crippen LogP contribution < -0.4 is 4.90 Å². The van der Waals surface area contributed by atoms with Gasteiger partial charge >= 0.3 is 5.97 Å². The van der Waals surface area contributed by atoms with E-state index in [2.05, 4.69) is 20.9 Å². The number of carboxylic acid groups (broad SMARTS) is 1. The zero-order valence-electron chi connectivity index (χ0n) is 10.4. The largest absolute Gasteiger partial charge is 0.477 e. The van der Waals surface area contributed by atoms with Gasteiger partial charge in [-0.05, 0) is 29.8 Å². The number of carboxylic acids is 1. The second kappa shape index (κ2) is 5.84. The fourth-order valence-corrected chi connectivity index (χ4v) is 1.96. The Morgan fingerprint density at radius 2 is 1.95 bits per heavy atom. The molecule has 0 radical (unpaired) electrons. The number of rotatable bonds is 4. The van der Waals surface area contributed by atoms with Crippen LogP contribution in [0, 0.1) is 0 Å². The van der Waals surface area contributed by atoms with Crippen LogP contribution in [-0.2, 0) is 6.54 Å². The van der Waals surface area contributed by atoms with Crippen LogP contribution in [0.25, 0.3) is 0 Å². The van der Waals surface area contributed by atoms with Crippen molar-refractivity contribution in [3.05, 3.63) is 58.3 Å². The van der Waals surface area contributed by atoms with Crippen molar-refractivity contribution in [2.75, 3.05) is 11.9 Å². The molecule has 0 saturated heterocycles. The molecule has 0 spiro atoms. The first-order valence-corrected chi connectivity index (χ1v) is 6.50. The van der Waals surface area contributed by atoms with E-state index in [-0.39, 0.29) is 5.69 Å². The Morgan fingerprint density at radius 3 is 2.47 bits per heavy atom. The quantitative estimate of drug-likeness (QED) is 0.940. The van der Waals surface area contributed by atoms with Gasteiger partial charge in [0.1, 0.15) is 5.69 Å². The van der Waals surface area contributed by atoms with Gasteiger partial charge in [-0.1, -0.05) is 28.1 Å². The molecule has 4 nitrogen and oxygen atoms in total. The summed E-state index contributed by atoms with van der Waals surface area (Å²) in [5.41, 5.74) is 2.11. The molecule has 0 unspecified atom stereocenters. The fraction of sp³-hybridized carbons (Fsp3) is 0.143. The van der Waals surface area contributed by atoms with E-state index in [0.29, 0.717) is 0 Å². The third-order valence-electron chi connectivity index (χ3n) is 2.74. The minimum absolute atomic E-state index is 0.0563. The summed E-state index contributed by atoms with van der Waals surface area (Å²) in [6.07, 6.45) is 1.57. The highest BCUT2D eigenvalue weighted by Crippen LogP contribution is 2.16. The lowest BCUT2D eigenvalue weighted by molar-refractivity contribution is 0.0690. The van der Waals surface area contributed by atoms with Crippen LogP contribution >= 0.6 is 15.9 Å². The van der Waals surface area contributed by atoms with Crippen LogP contribution in [0.5, 0.6) is 0 Å². The molecule has 5 heteroatoms. The highest BCUT2D eigenvalue weighted by Gasteiger charge is 2.06. The molecular formula is C14H13BrN2O2. The maximum atomic E-state index is 10.7. The Balaban J connectivity index is 2.09. The summed E-state index contributed by atoms with van der Waals surface area (Å²) in [5, 5.41) is 8.79. The molecular weight excluding hydrogens is 308 g/mol. The first-order valence-electron chi connectivity index (χ1n) is 5.71. The Hall–Kier alpha value is -1.88. The molecule has 1 aromatic carbocycles. The van der Waals surface area contributed by atoms with Gasteiger partial charge in [0.05, 0.1) is 11.9 Å². The van der Waals surface area contributed by atoms with E-state index in [1.165, 1.54) is 11.6 Å². The monoisotopic (exact) mass is 320 g/mol. The molecule has 0 atom stereocenters. The standard InChI is InChI=1S/C14H13BrN2O2/c1-17(9-10-2-4-11(15)5-3-10)12-6-7-13(14(18)19)16-8-12/h2-8H,9H2,1H3,(H,18,19). The highest BCUT2D eigenvalue weighted by atomic mass is 79.9. The summed E-state index contributed by atoms with van der Waals surface area (Å²) in [4.78, 5) is 16.6. The first kappa shape index (κ1) is 13.5. The van der Waals surface area contributed by atoms with Crippen LogP contribution in [0.15, 0.2) is 47.1 Å². The zero-order valence-corrected chi connectivity index (χ0v) is 12.0. The summed E-state index contributed by atoms with van der Waals surface area (Å²) >= 11 is 3.40. The smallest absolute Gasteiger partial charge is 0.354 e. The molecule has 0 bridgehead atoms. The van der Waals surface area contributed by atoms with Gasteiger partial charge in [0.25, 0.3) is 0 Å². The Kier molecular flexibility index (Phi) is 4.16. The van der Waals surface area contributed by atoms with Gasteiger partial charge in [0.2, 0.25) is 0 Å². The van der Waals surface area contributed by atoms with Gasteiger partial charge < -0.3 is 10.0 Å². The first-order chi connectivity index (χ1) is 9.06. The molecule has 0 saturated carbocycles. The topological polar surface area (TPSA) is 53.4 Å². The lowest BCUT2D eigenvalue weighted by Crippen LogP contribution is -2.16. The van der Waals surface area contributed by atoms with Crippen molar-refractivity contribution in [1.82, 2.24) is 4.98 Å². The molecule has 0 amide bonds. The van der Waals surface area contributed by atoms with Crippen LogP contribution in [0.2, 0.25) is 0 Å². The number of aromatic carboxylic acids is 1. The van der Waals surface area contributed by atoms with Crippen molar-refractivity contribution >= 4 is 27.6 Å². The van der Waals surface area contributed by atoms with Gasteiger partial charge in [0.15, 0.2) is 0 Å². The summed E-state index contributed by atoms with van der Waals surface area (Å²) in [6, 6.07) is 11.3. The number of pyridine rings is 1. The normalized spacial score (nSPS) is 10.2. The fourth-order valence-electron chi connectivity index (χ4n) is 1.69. The molecule has 0 aliphatic carbocycles. The summed E-state index contributed by atoms with van der Waals surface area (Å²) in [7, 11) is 1.94. The number of anilines is 1. The number of halogens is 1. The van der Waals surface area contributed by atoms with Crippen molar-refractivity contribution in [3.8, 4) is 0 Å². The lowest BCUT2D eigenvalue weighted by Gasteiger charge is -2.19. The van der Waals surface area contributed by atoms with E-state index < -0.39 is 5.97 Å². The molecule has 0 fully saturated rings. The molecule has 2 rings (SSSR count). The Bertz CT molecular complexity index is 567. The van der Waals surface area contributed by atoms with E-state index in [4.69, 9.17) is 5.11 Å². The van der Waals surface area contributed by atoms with E-state index in [9.17, 15) is 4.79 Å². The molecule has 98 valence electrons. The molecule has 0 aliphatic heterocycles. The van der Waals surface area contributed by atoms with Gasteiger partial charge in [-0.3, -0.25) is 0 Å². The number of benzene rings is 1. The van der Waals surface area contributed by atoms with Crippen molar-refractivity contribution in [2.45, 2.75) is 6.54 Å². The number of hydrogen-bond donors (Lipinski definition) is 1. The van der Waals surface area contributed by atoms with Gasteiger partial charge in [-0.15, -0.1) is 0 Å². The van der Waals surface area contributed by atoms with Gasteiger partial charge in [-0.25, -0.2) is 9.78 Å². The maximum Gasteiger partial charge on any atom is 0.354 e. The lowest BCUT2D eigenvalue weighted by atomic mass is 10.2. The Labute approximate surface area is 119 Å². The Morgan fingerprint density at radius 1 is 1.26 bits per heavy atom. The number of carbonyl (C=O) groups is 1. The average Bonchev–Trinajstić information content (AvgIpc) is 2.41. The summed E-state index contributed by atoms with van der Waals surface area (Å²) < 4.78 is 1.05. The molecule has 19 heavy (non-hydrogen) atoms. The predicted octanol–water partition coefficient (Wildman–Crippen LogP) is 3.18. The second-order valence-corrected chi connectivity index (χ2v) is 5.10. The molecule has 1 N–H and O–H groups in total. The maximum absolute atomic E-state index is 10.7. The van der Waals surface area contributed by atoms with Gasteiger partial charge in [-0.2, -0.15) is 0 Å². The van der Waals surface area contributed by atoms with Gasteiger partial charge in [0, 0.05) is 18.1 Å². The van der Waals surface area contributed by atoms with E-state index in [1.807, 2.05) is 36.2 Å². The van der Waals surface area contributed by atoms with Crippen molar-refractivity contribution in [3.63, 3.8) is 0 Å². The van der Waals surface area contributed by atoms with Crippen LogP contribution in [0.1, 0.15) is 16.1 Å². The average molecular weight is 321 g/mol.